The molecule has 1 atom stereocenters. The van der Waals surface area contributed by atoms with E-state index in [1.807, 2.05) is 50.2 Å². The van der Waals surface area contributed by atoms with E-state index in [2.05, 4.69) is 22.5 Å². The average molecular weight is 510 g/mol. The molecule has 1 unspecified atom stereocenters. The number of thioether (sulfide) groups is 1. The number of allylic oxidation sites excluding steroid dienone is 1. The van der Waals surface area contributed by atoms with Crippen molar-refractivity contribution < 1.29 is 19.0 Å². The Morgan fingerprint density at radius 2 is 1.94 bits per heavy atom. The Kier molecular flexibility index (Phi) is 8.04. The van der Waals surface area contributed by atoms with Crippen LogP contribution in [0.25, 0.3) is 0 Å². The third-order valence-electron chi connectivity index (χ3n) is 5.68. The van der Waals surface area contributed by atoms with Crippen LogP contribution in [-0.4, -0.2) is 47.3 Å². The van der Waals surface area contributed by atoms with Gasteiger partial charge in [-0.2, -0.15) is 4.98 Å². The molecule has 9 nitrogen and oxygen atoms in total. The number of benzene rings is 2. The fourth-order valence-electron chi connectivity index (χ4n) is 4.05. The molecular formula is C26H31N5O4S. The Labute approximate surface area is 215 Å². The molecule has 1 aromatic heterocycles. The van der Waals surface area contributed by atoms with Crippen molar-refractivity contribution in [2.24, 2.45) is 0 Å². The molecule has 3 aromatic rings. The predicted octanol–water partition coefficient (Wildman–Crippen LogP) is 5.12. The molecule has 36 heavy (non-hydrogen) atoms. The highest BCUT2D eigenvalue weighted by Gasteiger charge is 2.36. The lowest BCUT2D eigenvalue weighted by Gasteiger charge is -2.29. The summed E-state index contributed by atoms with van der Waals surface area (Å²) in [6.07, 6.45) is 1.00. The van der Waals surface area contributed by atoms with Crippen LogP contribution in [0.4, 0.5) is 11.6 Å². The van der Waals surface area contributed by atoms with Crippen molar-refractivity contribution in [1.29, 1.82) is 0 Å². The summed E-state index contributed by atoms with van der Waals surface area (Å²) in [5, 5.41) is 11.7. The van der Waals surface area contributed by atoms with Crippen molar-refractivity contribution in [3.63, 3.8) is 0 Å². The molecule has 4 rings (SSSR count). The first-order valence-corrected chi connectivity index (χ1v) is 12.8. The summed E-state index contributed by atoms with van der Waals surface area (Å²) in [6.45, 7) is 6.37. The Hall–Kier alpha value is -3.66. The number of fused-ring (bicyclic) bond motifs is 1. The highest BCUT2D eigenvalue weighted by atomic mass is 32.2. The van der Waals surface area contributed by atoms with Gasteiger partial charge in [0.05, 0.1) is 32.1 Å². The van der Waals surface area contributed by atoms with E-state index in [0.29, 0.717) is 51.9 Å². The van der Waals surface area contributed by atoms with Gasteiger partial charge in [-0.05, 0) is 44.5 Å². The highest BCUT2D eigenvalue weighted by Crippen LogP contribution is 2.41. The second-order valence-electron chi connectivity index (χ2n) is 8.07. The lowest BCUT2D eigenvalue weighted by Crippen LogP contribution is -2.31. The first-order chi connectivity index (χ1) is 17.5. The average Bonchev–Trinajstić information content (AvgIpc) is 3.29. The number of amides is 1. The molecule has 0 fully saturated rings. The van der Waals surface area contributed by atoms with Gasteiger partial charge < -0.3 is 24.8 Å². The van der Waals surface area contributed by atoms with Crippen molar-refractivity contribution in [3.8, 4) is 17.2 Å². The molecule has 10 heteroatoms. The third kappa shape index (κ3) is 5.13. The quantitative estimate of drug-likeness (QED) is 0.363. The number of hydrogen-bond acceptors (Lipinski definition) is 8. The van der Waals surface area contributed by atoms with Crippen LogP contribution in [0, 0.1) is 0 Å². The van der Waals surface area contributed by atoms with Crippen molar-refractivity contribution in [2.75, 3.05) is 37.2 Å². The van der Waals surface area contributed by atoms with E-state index >= 15 is 0 Å². The second kappa shape index (κ2) is 11.4. The molecule has 2 heterocycles. The monoisotopic (exact) mass is 509 g/mol. The van der Waals surface area contributed by atoms with Crippen LogP contribution >= 0.6 is 11.8 Å². The maximum Gasteiger partial charge on any atom is 0.255 e. The molecule has 0 spiro atoms. The Balaban J connectivity index is 1.81. The molecule has 1 amide bonds. The van der Waals surface area contributed by atoms with E-state index in [1.54, 1.807) is 36.7 Å². The number of rotatable bonds is 10. The van der Waals surface area contributed by atoms with Gasteiger partial charge >= 0.3 is 0 Å². The summed E-state index contributed by atoms with van der Waals surface area (Å²) >= 11 is 1.58. The number of carbonyl (C=O) groups excluding carboxylic acids is 1. The molecule has 0 saturated heterocycles. The van der Waals surface area contributed by atoms with Crippen molar-refractivity contribution in [1.82, 2.24) is 14.8 Å². The standard InChI is InChI=1S/C26H31N5O4S/c1-6-14-36-26-29-25-27-16(3)22(24(32)28-19-10-8-9-11-20(19)35-7-2)23(31(25)30-26)18-13-12-17(33-4)15-21(18)34-5/h8-13,15,23H,6-7,14H2,1-5H3,(H,28,32)(H,27,29,30). The van der Waals surface area contributed by atoms with Gasteiger partial charge in [-0.15, -0.1) is 5.10 Å². The fraction of sp³-hybridized carbons (Fsp3) is 0.346. The van der Waals surface area contributed by atoms with E-state index in [9.17, 15) is 4.79 Å². The summed E-state index contributed by atoms with van der Waals surface area (Å²) in [5.74, 6) is 3.03. The molecule has 2 N–H and O–H groups in total. The molecule has 0 radical (unpaired) electrons. The van der Waals surface area contributed by atoms with Gasteiger partial charge in [-0.1, -0.05) is 30.8 Å². The predicted molar refractivity (Wildman–Crippen MR) is 141 cm³/mol. The summed E-state index contributed by atoms with van der Waals surface area (Å²) in [7, 11) is 3.20. The number of hydrogen-bond donors (Lipinski definition) is 2. The number of methoxy groups -OCH3 is 2. The first-order valence-electron chi connectivity index (χ1n) is 11.8. The van der Waals surface area contributed by atoms with E-state index in [4.69, 9.17) is 19.3 Å². The van der Waals surface area contributed by atoms with E-state index in [1.165, 1.54) is 0 Å². The maximum atomic E-state index is 13.8. The normalized spacial score (nSPS) is 14.6. The lowest BCUT2D eigenvalue weighted by atomic mass is 9.94. The molecule has 190 valence electrons. The molecular weight excluding hydrogens is 478 g/mol. The van der Waals surface area contributed by atoms with Crippen molar-refractivity contribution >= 4 is 29.3 Å². The van der Waals surface area contributed by atoms with Crippen LogP contribution in [-0.2, 0) is 4.79 Å². The van der Waals surface area contributed by atoms with E-state index in [0.717, 1.165) is 17.7 Å². The molecule has 0 saturated carbocycles. The van der Waals surface area contributed by atoms with Crippen LogP contribution < -0.4 is 24.8 Å². The van der Waals surface area contributed by atoms with Gasteiger partial charge in [0.2, 0.25) is 11.1 Å². The first kappa shape index (κ1) is 25.4. The molecule has 0 aliphatic carbocycles. The number of carbonyl (C=O) groups is 1. The van der Waals surface area contributed by atoms with E-state index in [-0.39, 0.29) is 5.91 Å². The summed E-state index contributed by atoms with van der Waals surface area (Å²) in [4.78, 5) is 18.5. The number of nitrogens with zero attached hydrogens (tertiary/aromatic N) is 3. The Morgan fingerprint density at radius 3 is 2.67 bits per heavy atom. The van der Waals surface area contributed by atoms with Gasteiger partial charge in [0.1, 0.15) is 23.3 Å². The smallest absolute Gasteiger partial charge is 0.255 e. The van der Waals surface area contributed by atoms with Gasteiger partial charge in [-0.25, -0.2) is 4.68 Å². The van der Waals surface area contributed by atoms with Gasteiger partial charge in [0, 0.05) is 23.1 Å². The van der Waals surface area contributed by atoms with Gasteiger partial charge in [0.25, 0.3) is 5.91 Å². The van der Waals surface area contributed by atoms with Crippen LogP contribution in [0.5, 0.6) is 17.2 Å². The molecule has 1 aliphatic heterocycles. The van der Waals surface area contributed by atoms with Gasteiger partial charge in [0.15, 0.2) is 0 Å². The zero-order chi connectivity index (χ0) is 25.7. The van der Waals surface area contributed by atoms with Crippen molar-refractivity contribution in [2.45, 2.75) is 38.4 Å². The van der Waals surface area contributed by atoms with Crippen molar-refractivity contribution in [3.05, 3.63) is 59.3 Å². The molecule has 1 aliphatic rings. The van der Waals surface area contributed by atoms with Crippen LogP contribution in [0.15, 0.2) is 58.9 Å². The highest BCUT2D eigenvalue weighted by molar-refractivity contribution is 7.99. The number of aromatic nitrogens is 3. The number of anilines is 2. The largest absolute Gasteiger partial charge is 0.497 e. The SMILES string of the molecule is CCCSc1nc2n(n1)C(c1ccc(OC)cc1OC)C(C(=O)Nc1ccccc1OCC)=C(C)N2. The van der Waals surface area contributed by atoms with Crippen LogP contribution in [0.1, 0.15) is 38.8 Å². The minimum Gasteiger partial charge on any atom is -0.497 e. The minimum atomic E-state index is -0.579. The van der Waals surface area contributed by atoms with Crippen LogP contribution in [0.2, 0.25) is 0 Å². The fourth-order valence-corrected chi connectivity index (χ4v) is 4.74. The Morgan fingerprint density at radius 1 is 1.14 bits per heavy atom. The maximum absolute atomic E-state index is 13.8. The number of nitrogens with one attached hydrogen (secondary N) is 2. The number of para-hydroxylation sites is 2. The zero-order valence-electron chi connectivity index (χ0n) is 21.1. The second-order valence-corrected chi connectivity index (χ2v) is 9.13. The Bertz CT molecular complexity index is 1270. The lowest BCUT2D eigenvalue weighted by molar-refractivity contribution is -0.113. The number of ether oxygens (including phenoxy) is 3. The molecule has 0 bridgehead atoms. The third-order valence-corrected chi connectivity index (χ3v) is 6.73. The zero-order valence-corrected chi connectivity index (χ0v) is 21.9. The summed E-state index contributed by atoms with van der Waals surface area (Å²) in [5.41, 5.74) is 2.53. The van der Waals surface area contributed by atoms with E-state index < -0.39 is 6.04 Å². The van der Waals surface area contributed by atoms with Crippen LogP contribution in [0.3, 0.4) is 0 Å². The topological polar surface area (TPSA) is 99.5 Å². The minimum absolute atomic E-state index is 0.279. The summed E-state index contributed by atoms with van der Waals surface area (Å²) in [6, 6.07) is 12.3. The summed E-state index contributed by atoms with van der Waals surface area (Å²) < 4.78 is 18.6. The molecule has 2 aromatic carbocycles. The van der Waals surface area contributed by atoms with Gasteiger partial charge in [-0.3, -0.25) is 4.79 Å².